The molecule has 1 heterocycles. The van der Waals surface area contributed by atoms with Crippen molar-refractivity contribution < 1.29 is 4.74 Å². The lowest BCUT2D eigenvalue weighted by atomic mass is 10.3. The van der Waals surface area contributed by atoms with E-state index in [1.165, 1.54) is 6.20 Å². The Morgan fingerprint density at radius 2 is 1.39 bits per heavy atom. The lowest BCUT2D eigenvalue weighted by molar-refractivity contribution is 0.444. The fourth-order valence-corrected chi connectivity index (χ4v) is 4.24. The van der Waals surface area contributed by atoms with E-state index in [4.69, 9.17) is 4.74 Å². The van der Waals surface area contributed by atoms with Crippen LogP contribution in [0.1, 0.15) is 0 Å². The van der Waals surface area contributed by atoms with Crippen molar-refractivity contribution in [2.75, 3.05) is 0 Å². The van der Waals surface area contributed by atoms with E-state index >= 15 is 0 Å². The van der Waals surface area contributed by atoms with Gasteiger partial charge < -0.3 is 4.74 Å². The molecule has 9 heteroatoms. The number of benzene rings is 1. The van der Waals surface area contributed by atoms with E-state index in [0.29, 0.717) is 11.6 Å². The van der Waals surface area contributed by atoms with E-state index < -0.39 is 0 Å². The highest BCUT2D eigenvalue weighted by Gasteiger charge is 2.19. The maximum atomic E-state index is 5.67. The number of halogens is 5. The van der Waals surface area contributed by atoms with E-state index in [9.17, 15) is 0 Å². The van der Waals surface area contributed by atoms with Gasteiger partial charge in [0.25, 0.3) is 0 Å². The van der Waals surface area contributed by atoms with Crippen molar-refractivity contribution in [3.63, 3.8) is 0 Å². The molecule has 2 rings (SSSR count). The molecule has 1 aromatic heterocycles. The van der Waals surface area contributed by atoms with E-state index in [2.05, 4.69) is 95.1 Å². The van der Waals surface area contributed by atoms with Gasteiger partial charge in [-0.15, -0.1) is 5.10 Å². The third-order valence-electron chi connectivity index (χ3n) is 1.85. The van der Waals surface area contributed by atoms with Gasteiger partial charge in [0.05, 0.1) is 24.1 Å². The summed E-state index contributed by atoms with van der Waals surface area (Å²) in [6.45, 7) is 0. The molecule has 4 nitrogen and oxygen atoms in total. The second-order valence-corrected chi connectivity index (χ2v) is 6.92. The van der Waals surface area contributed by atoms with Crippen molar-refractivity contribution in [2.45, 2.75) is 0 Å². The molecule has 2 aromatic rings. The number of hydrogen-bond donors (Lipinski definition) is 0. The average molecular weight is 568 g/mol. The Morgan fingerprint density at radius 1 is 0.833 bits per heavy atom. The third kappa shape index (κ3) is 2.95. The standard InChI is InChI=1S/C9H2Br5N3O/c10-4-5(11)7(13)9(8(14)6(4)12)18-3-1-2-15-17-16-3/h1-2H. The van der Waals surface area contributed by atoms with Crippen molar-refractivity contribution >= 4 is 79.6 Å². The summed E-state index contributed by atoms with van der Waals surface area (Å²) < 4.78 is 9.70. The smallest absolute Gasteiger partial charge is 0.242 e. The molecule has 0 amide bonds. The van der Waals surface area contributed by atoms with Crippen LogP contribution >= 0.6 is 79.6 Å². The summed E-state index contributed by atoms with van der Waals surface area (Å²) in [4.78, 5) is 0. The van der Waals surface area contributed by atoms with Crippen LogP contribution in [0.3, 0.4) is 0 Å². The van der Waals surface area contributed by atoms with Gasteiger partial charge in [-0.05, 0) is 84.9 Å². The zero-order chi connectivity index (χ0) is 13.3. The monoisotopic (exact) mass is 563 g/mol. The predicted octanol–water partition coefficient (Wildman–Crippen LogP) is 5.48. The molecule has 94 valence electrons. The Hall–Kier alpha value is 0.430. The van der Waals surface area contributed by atoms with Gasteiger partial charge in [-0.2, -0.15) is 0 Å². The second kappa shape index (κ2) is 6.25. The number of hydrogen-bond acceptors (Lipinski definition) is 4. The number of rotatable bonds is 2. The molecule has 0 fully saturated rings. The van der Waals surface area contributed by atoms with Gasteiger partial charge in [0.15, 0.2) is 5.75 Å². The highest BCUT2D eigenvalue weighted by molar-refractivity contribution is 9.15. The Bertz CT molecular complexity index is 563. The molecular formula is C9H2Br5N3O. The summed E-state index contributed by atoms with van der Waals surface area (Å²) in [5, 5.41) is 10.9. The quantitative estimate of drug-likeness (QED) is 0.357. The van der Waals surface area contributed by atoms with Gasteiger partial charge >= 0.3 is 0 Å². The maximum absolute atomic E-state index is 5.67. The van der Waals surface area contributed by atoms with Crippen LogP contribution < -0.4 is 4.74 Å². The highest BCUT2D eigenvalue weighted by atomic mass is 79.9. The van der Waals surface area contributed by atoms with Crippen LogP contribution in [0.15, 0.2) is 34.6 Å². The summed E-state index contributed by atoms with van der Waals surface area (Å²) in [7, 11) is 0. The molecule has 18 heavy (non-hydrogen) atoms. The first-order valence-electron chi connectivity index (χ1n) is 4.36. The molecule has 0 radical (unpaired) electrons. The minimum absolute atomic E-state index is 0.354. The summed E-state index contributed by atoms with van der Waals surface area (Å²) in [6.07, 6.45) is 1.51. The zero-order valence-electron chi connectivity index (χ0n) is 8.29. The van der Waals surface area contributed by atoms with Crippen LogP contribution in [0.2, 0.25) is 0 Å². The summed E-state index contributed by atoms with van der Waals surface area (Å²) in [5.74, 6) is 0.935. The van der Waals surface area contributed by atoms with Gasteiger partial charge in [0.1, 0.15) is 0 Å². The van der Waals surface area contributed by atoms with E-state index in [0.717, 1.165) is 22.4 Å². The maximum Gasteiger partial charge on any atom is 0.242 e. The molecule has 0 aliphatic carbocycles. The van der Waals surface area contributed by atoms with Crippen LogP contribution in [-0.4, -0.2) is 15.4 Å². The first-order valence-corrected chi connectivity index (χ1v) is 8.32. The Balaban J connectivity index is 2.52. The Morgan fingerprint density at radius 3 is 1.89 bits per heavy atom. The number of nitrogens with zero attached hydrogens (tertiary/aromatic N) is 3. The molecular weight excluding hydrogens is 566 g/mol. The van der Waals surface area contributed by atoms with E-state index in [-0.39, 0.29) is 0 Å². The van der Waals surface area contributed by atoms with Crippen LogP contribution in [-0.2, 0) is 0 Å². The molecule has 0 saturated carbocycles. The first-order chi connectivity index (χ1) is 8.52. The molecule has 1 aromatic carbocycles. The zero-order valence-corrected chi connectivity index (χ0v) is 16.2. The van der Waals surface area contributed by atoms with E-state index in [1.54, 1.807) is 6.07 Å². The van der Waals surface area contributed by atoms with Crippen molar-refractivity contribution in [2.24, 2.45) is 0 Å². The molecule has 0 atom stereocenters. The molecule has 0 bridgehead atoms. The summed E-state index contributed by atoms with van der Waals surface area (Å²) in [6, 6.07) is 1.62. The molecule has 0 N–H and O–H groups in total. The Labute approximate surface area is 145 Å². The highest BCUT2D eigenvalue weighted by Crippen LogP contribution is 2.49. The molecule has 0 aliphatic rings. The summed E-state index contributed by atoms with van der Waals surface area (Å²) in [5.41, 5.74) is 0. The molecule has 0 spiro atoms. The van der Waals surface area contributed by atoms with Gasteiger partial charge in [-0.1, -0.05) is 5.10 Å². The fourth-order valence-electron chi connectivity index (χ4n) is 1.06. The number of aromatic nitrogens is 3. The minimum Gasteiger partial charge on any atom is -0.435 e. The Kier molecular flexibility index (Phi) is 5.15. The molecule has 0 aliphatic heterocycles. The van der Waals surface area contributed by atoms with Crippen LogP contribution in [0.4, 0.5) is 0 Å². The van der Waals surface area contributed by atoms with E-state index in [1.807, 2.05) is 0 Å². The van der Waals surface area contributed by atoms with Gasteiger partial charge in [0, 0.05) is 10.5 Å². The molecule has 0 unspecified atom stereocenters. The first kappa shape index (κ1) is 14.8. The second-order valence-electron chi connectivity index (χ2n) is 2.96. The van der Waals surface area contributed by atoms with Gasteiger partial charge in [0.2, 0.25) is 5.88 Å². The largest absolute Gasteiger partial charge is 0.435 e. The van der Waals surface area contributed by atoms with Gasteiger partial charge in [-0.3, -0.25) is 0 Å². The van der Waals surface area contributed by atoms with Crippen LogP contribution in [0.5, 0.6) is 11.6 Å². The van der Waals surface area contributed by atoms with Crippen molar-refractivity contribution in [3.8, 4) is 11.6 Å². The SMILES string of the molecule is Brc1c(Br)c(Br)c(Oc2ccnnn2)c(Br)c1Br. The average Bonchev–Trinajstić information content (AvgIpc) is 2.40. The van der Waals surface area contributed by atoms with Crippen LogP contribution in [0, 0.1) is 0 Å². The summed E-state index contributed by atoms with van der Waals surface area (Å²) >= 11 is 17.3. The van der Waals surface area contributed by atoms with Crippen LogP contribution in [0.25, 0.3) is 0 Å². The topological polar surface area (TPSA) is 47.9 Å². The minimum atomic E-state index is 0.354. The fraction of sp³-hybridized carbons (Fsp3) is 0. The lowest BCUT2D eigenvalue weighted by Gasteiger charge is -2.13. The number of ether oxygens (including phenoxy) is 1. The molecule has 0 saturated heterocycles. The predicted molar refractivity (Wildman–Crippen MR) is 84.8 cm³/mol. The third-order valence-corrected chi connectivity index (χ3v) is 7.88. The normalized spacial score (nSPS) is 10.5. The lowest BCUT2D eigenvalue weighted by Crippen LogP contribution is -1.94. The van der Waals surface area contributed by atoms with Crippen molar-refractivity contribution in [1.29, 1.82) is 0 Å². The van der Waals surface area contributed by atoms with Crippen molar-refractivity contribution in [1.82, 2.24) is 15.4 Å². The van der Waals surface area contributed by atoms with Gasteiger partial charge in [-0.25, -0.2) is 0 Å². The van der Waals surface area contributed by atoms with Crippen molar-refractivity contribution in [3.05, 3.63) is 34.6 Å².